The van der Waals surface area contributed by atoms with Gasteiger partial charge in [0, 0.05) is 26.2 Å². The van der Waals surface area contributed by atoms with Crippen molar-refractivity contribution in [2.24, 2.45) is 5.92 Å². The monoisotopic (exact) mass is 285 g/mol. The molecule has 0 spiro atoms. The second kappa shape index (κ2) is 8.09. The standard InChI is InChI=1S/C14H27N3O3/c1-4-6-16-7-9-17(10-8-16)14(20)15-12(13(18)19)11(3)5-2/h11-12H,4-10H2,1-3H3,(H,15,20)(H,18,19)/t11?,12-/m0/s1. The number of carbonyl (C=O) groups is 2. The first-order valence-electron chi connectivity index (χ1n) is 7.50. The maximum absolute atomic E-state index is 12.1. The Balaban J connectivity index is 2.48. The first kappa shape index (κ1) is 16.8. The van der Waals surface area contributed by atoms with Gasteiger partial charge < -0.3 is 15.3 Å². The third-order valence-electron chi connectivity index (χ3n) is 3.96. The van der Waals surface area contributed by atoms with Crippen LogP contribution in [0.15, 0.2) is 0 Å². The molecule has 6 heteroatoms. The summed E-state index contributed by atoms with van der Waals surface area (Å²) < 4.78 is 0. The maximum Gasteiger partial charge on any atom is 0.326 e. The predicted molar refractivity (Wildman–Crippen MR) is 77.7 cm³/mol. The molecule has 1 aliphatic heterocycles. The number of carboxylic acids is 1. The summed E-state index contributed by atoms with van der Waals surface area (Å²) in [6.07, 6.45) is 1.84. The zero-order valence-corrected chi connectivity index (χ0v) is 12.8. The van der Waals surface area contributed by atoms with Crippen molar-refractivity contribution >= 4 is 12.0 Å². The van der Waals surface area contributed by atoms with Crippen LogP contribution in [-0.2, 0) is 4.79 Å². The molecule has 1 unspecified atom stereocenters. The molecule has 0 aliphatic carbocycles. The van der Waals surface area contributed by atoms with E-state index in [1.165, 1.54) is 0 Å². The molecule has 2 N–H and O–H groups in total. The van der Waals surface area contributed by atoms with Gasteiger partial charge >= 0.3 is 12.0 Å². The number of rotatable bonds is 6. The molecule has 0 aromatic rings. The van der Waals surface area contributed by atoms with E-state index in [1.54, 1.807) is 4.90 Å². The summed E-state index contributed by atoms with van der Waals surface area (Å²) in [5, 5.41) is 11.8. The van der Waals surface area contributed by atoms with Gasteiger partial charge in [0.25, 0.3) is 0 Å². The van der Waals surface area contributed by atoms with E-state index in [0.717, 1.165) is 32.5 Å². The maximum atomic E-state index is 12.1. The molecule has 0 aromatic carbocycles. The van der Waals surface area contributed by atoms with Crippen molar-refractivity contribution in [1.82, 2.24) is 15.1 Å². The van der Waals surface area contributed by atoms with E-state index < -0.39 is 12.0 Å². The quantitative estimate of drug-likeness (QED) is 0.769. The first-order valence-corrected chi connectivity index (χ1v) is 7.50. The molecular weight excluding hydrogens is 258 g/mol. The molecule has 1 aliphatic rings. The van der Waals surface area contributed by atoms with E-state index in [4.69, 9.17) is 0 Å². The Kier molecular flexibility index (Phi) is 6.78. The number of hydrogen-bond acceptors (Lipinski definition) is 3. The Morgan fingerprint density at radius 2 is 1.80 bits per heavy atom. The van der Waals surface area contributed by atoms with Gasteiger partial charge in [0.05, 0.1) is 0 Å². The Bertz CT molecular complexity index is 328. The lowest BCUT2D eigenvalue weighted by molar-refractivity contribution is -0.140. The molecule has 0 saturated carbocycles. The fourth-order valence-electron chi connectivity index (χ4n) is 2.40. The number of carbonyl (C=O) groups excluding carboxylic acids is 1. The second-order valence-electron chi connectivity index (χ2n) is 5.48. The minimum absolute atomic E-state index is 0.0715. The van der Waals surface area contributed by atoms with Crippen molar-refractivity contribution in [3.05, 3.63) is 0 Å². The van der Waals surface area contributed by atoms with Crippen molar-refractivity contribution in [3.8, 4) is 0 Å². The fourth-order valence-corrected chi connectivity index (χ4v) is 2.40. The van der Waals surface area contributed by atoms with E-state index in [-0.39, 0.29) is 11.9 Å². The molecular formula is C14H27N3O3. The molecule has 0 bridgehead atoms. The van der Waals surface area contributed by atoms with Crippen LogP contribution in [0.2, 0.25) is 0 Å². The third-order valence-corrected chi connectivity index (χ3v) is 3.96. The van der Waals surface area contributed by atoms with E-state index in [0.29, 0.717) is 13.1 Å². The Morgan fingerprint density at radius 3 is 2.25 bits per heavy atom. The van der Waals surface area contributed by atoms with Crippen molar-refractivity contribution in [3.63, 3.8) is 0 Å². The molecule has 2 atom stereocenters. The van der Waals surface area contributed by atoms with Crippen LogP contribution in [0.5, 0.6) is 0 Å². The molecule has 1 rings (SSSR count). The van der Waals surface area contributed by atoms with E-state index in [1.807, 2.05) is 13.8 Å². The van der Waals surface area contributed by atoms with Gasteiger partial charge in [-0.15, -0.1) is 0 Å². The minimum atomic E-state index is -0.961. The zero-order valence-electron chi connectivity index (χ0n) is 12.8. The van der Waals surface area contributed by atoms with Crippen LogP contribution in [0.1, 0.15) is 33.6 Å². The van der Waals surface area contributed by atoms with Crippen LogP contribution < -0.4 is 5.32 Å². The van der Waals surface area contributed by atoms with Crippen LogP contribution in [0, 0.1) is 5.92 Å². The van der Waals surface area contributed by atoms with Crippen LogP contribution in [0.25, 0.3) is 0 Å². The van der Waals surface area contributed by atoms with Crippen LogP contribution in [0.4, 0.5) is 4.79 Å². The van der Waals surface area contributed by atoms with Gasteiger partial charge in [-0.1, -0.05) is 27.2 Å². The molecule has 116 valence electrons. The van der Waals surface area contributed by atoms with Crippen molar-refractivity contribution in [2.45, 2.75) is 39.7 Å². The van der Waals surface area contributed by atoms with Crippen molar-refractivity contribution in [2.75, 3.05) is 32.7 Å². The number of nitrogens with one attached hydrogen (secondary N) is 1. The number of nitrogens with zero attached hydrogens (tertiary/aromatic N) is 2. The van der Waals surface area contributed by atoms with Crippen LogP contribution in [-0.4, -0.2) is 65.7 Å². The largest absolute Gasteiger partial charge is 0.480 e. The number of urea groups is 1. The molecule has 0 aromatic heterocycles. The average Bonchev–Trinajstić information content (AvgIpc) is 2.44. The third kappa shape index (κ3) is 4.67. The number of carboxylic acid groups (broad SMARTS) is 1. The fraction of sp³-hybridized carbons (Fsp3) is 0.857. The molecule has 20 heavy (non-hydrogen) atoms. The summed E-state index contributed by atoms with van der Waals surface area (Å²) in [6, 6.07) is -1.06. The molecule has 6 nitrogen and oxygen atoms in total. The van der Waals surface area contributed by atoms with E-state index in [9.17, 15) is 14.7 Å². The van der Waals surface area contributed by atoms with Gasteiger partial charge in [-0.05, 0) is 18.9 Å². The summed E-state index contributed by atoms with van der Waals surface area (Å²) in [7, 11) is 0. The molecule has 1 heterocycles. The van der Waals surface area contributed by atoms with Crippen molar-refractivity contribution < 1.29 is 14.7 Å². The van der Waals surface area contributed by atoms with Gasteiger partial charge in [0.15, 0.2) is 0 Å². The predicted octanol–water partition coefficient (Wildman–Crippen LogP) is 1.22. The van der Waals surface area contributed by atoms with Gasteiger partial charge in [0.2, 0.25) is 0 Å². The van der Waals surface area contributed by atoms with Gasteiger partial charge in [0.1, 0.15) is 6.04 Å². The highest BCUT2D eigenvalue weighted by molar-refractivity contribution is 5.82. The highest BCUT2D eigenvalue weighted by Gasteiger charge is 2.28. The molecule has 1 fully saturated rings. The lowest BCUT2D eigenvalue weighted by Crippen LogP contribution is -2.55. The number of hydrogen-bond donors (Lipinski definition) is 2. The lowest BCUT2D eigenvalue weighted by Gasteiger charge is -2.35. The highest BCUT2D eigenvalue weighted by atomic mass is 16.4. The van der Waals surface area contributed by atoms with Gasteiger partial charge in [-0.3, -0.25) is 4.90 Å². The smallest absolute Gasteiger partial charge is 0.326 e. The van der Waals surface area contributed by atoms with Crippen LogP contribution >= 0.6 is 0 Å². The number of aliphatic carboxylic acids is 1. The van der Waals surface area contributed by atoms with Gasteiger partial charge in [-0.25, -0.2) is 9.59 Å². The highest BCUT2D eigenvalue weighted by Crippen LogP contribution is 2.09. The lowest BCUT2D eigenvalue weighted by atomic mass is 9.99. The average molecular weight is 285 g/mol. The number of amides is 2. The first-order chi connectivity index (χ1) is 9.49. The molecule has 1 saturated heterocycles. The Hall–Kier alpha value is -1.30. The SMILES string of the molecule is CCCN1CCN(C(=O)N[C@H](C(=O)O)C(C)CC)CC1. The zero-order chi connectivity index (χ0) is 15.1. The summed E-state index contributed by atoms with van der Waals surface area (Å²) in [5.41, 5.74) is 0. The molecule has 0 radical (unpaired) electrons. The summed E-state index contributed by atoms with van der Waals surface area (Å²) in [5.74, 6) is -1.03. The normalized spacial score (nSPS) is 19.4. The van der Waals surface area contributed by atoms with E-state index in [2.05, 4.69) is 17.1 Å². The van der Waals surface area contributed by atoms with Gasteiger partial charge in [-0.2, -0.15) is 0 Å². The van der Waals surface area contributed by atoms with Crippen LogP contribution in [0.3, 0.4) is 0 Å². The summed E-state index contributed by atoms with van der Waals surface area (Å²) in [4.78, 5) is 27.4. The topological polar surface area (TPSA) is 72.9 Å². The second-order valence-corrected chi connectivity index (χ2v) is 5.48. The Morgan fingerprint density at radius 1 is 1.20 bits per heavy atom. The summed E-state index contributed by atoms with van der Waals surface area (Å²) >= 11 is 0. The number of piperazine rings is 1. The summed E-state index contributed by atoms with van der Waals surface area (Å²) in [6.45, 7) is 10.0. The minimum Gasteiger partial charge on any atom is -0.480 e. The Labute approximate surface area is 121 Å². The van der Waals surface area contributed by atoms with Crippen molar-refractivity contribution in [1.29, 1.82) is 0 Å². The van der Waals surface area contributed by atoms with E-state index >= 15 is 0 Å². The molecule has 2 amide bonds.